The van der Waals surface area contributed by atoms with Crippen LogP contribution in [0.2, 0.25) is 5.02 Å². The van der Waals surface area contributed by atoms with Crippen LogP contribution in [0.5, 0.6) is 5.75 Å². The number of hydrogen-bond acceptors (Lipinski definition) is 4. The van der Waals surface area contributed by atoms with Crippen molar-refractivity contribution in [1.82, 2.24) is 5.43 Å². The van der Waals surface area contributed by atoms with E-state index in [1.807, 2.05) is 31.2 Å². The summed E-state index contributed by atoms with van der Waals surface area (Å²) in [6, 6.07) is 11.5. The summed E-state index contributed by atoms with van der Waals surface area (Å²) < 4.78 is 0. The molecule has 0 aliphatic rings. The molecular formula is C20H19ClN2O3. The van der Waals surface area contributed by atoms with Crippen molar-refractivity contribution in [2.24, 2.45) is 5.10 Å². The van der Waals surface area contributed by atoms with Gasteiger partial charge in [-0.2, -0.15) is 5.10 Å². The highest BCUT2D eigenvalue weighted by molar-refractivity contribution is 6.32. The van der Waals surface area contributed by atoms with Crippen molar-refractivity contribution in [2.75, 3.05) is 0 Å². The molecule has 0 saturated heterocycles. The van der Waals surface area contributed by atoms with Gasteiger partial charge in [0, 0.05) is 17.5 Å². The van der Waals surface area contributed by atoms with Crippen LogP contribution in [0.4, 0.5) is 0 Å². The molecule has 2 aromatic carbocycles. The zero-order valence-corrected chi connectivity index (χ0v) is 15.0. The van der Waals surface area contributed by atoms with Gasteiger partial charge >= 0.3 is 0 Å². The van der Waals surface area contributed by atoms with E-state index in [2.05, 4.69) is 22.4 Å². The number of hydrazone groups is 1. The number of nitrogens with zero attached hydrogens (tertiary/aromatic N) is 1. The van der Waals surface area contributed by atoms with E-state index in [4.69, 9.17) is 11.6 Å². The van der Waals surface area contributed by atoms with Gasteiger partial charge in [0.2, 0.25) is 0 Å². The number of phenolic OH excluding ortho intramolecular Hbond substituents is 1. The summed E-state index contributed by atoms with van der Waals surface area (Å²) in [5.74, 6) is 5.41. The first-order valence-electron chi connectivity index (χ1n) is 8.08. The van der Waals surface area contributed by atoms with Gasteiger partial charge in [-0.15, -0.1) is 0 Å². The Morgan fingerprint density at radius 2 is 2.04 bits per heavy atom. The maximum absolute atomic E-state index is 11.9. The quantitative estimate of drug-likeness (QED) is 0.429. The van der Waals surface area contributed by atoms with Crippen LogP contribution < -0.4 is 5.43 Å². The summed E-state index contributed by atoms with van der Waals surface area (Å²) in [4.78, 5) is 11.9. The molecule has 1 amide bonds. The van der Waals surface area contributed by atoms with Crippen molar-refractivity contribution in [3.05, 3.63) is 64.2 Å². The van der Waals surface area contributed by atoms with Crippen LogP contribution >= 0.6 is 11.6 Å². The molecule has 26 heavy (non-hydrogen) atoms. The smallest absolute Gasteiger partial charge is 0.271 e. The van der Waals surface area contributed by atoms with Gasteiger partial charge in [0.05, 0.1) is 17.3 Å². The van der Waals surface area contributed by atoms with Gasteiger partial charge in [-0.05, 0) is 42.3 Å². The number of rotatable bonds is 5. The van der Waals surface area contributed by atoms with E-state index < -0.39 is 5.91 Å². The van der Waals surface area contributed by atoms with Crippen LogP contribution in [0, 0.1) is 11.8 Å². The van der Waals surface area contributed by atoms with Crippen LogP contribution in [0.3, 0.4) is 0 Å². The molecule has 0 spiro atoms. The highest BCUT2D eigenvalue weighted by Gasteiger charge is 2.07. The minimum absolute atomic E-state index is 0.0842. The van der Waals surface area contributed by atoms with Gasteiger partial charge in [0.25, 0.3) is 5.91 Å². The van der Waals surface area contributed by atoms with E-state index in [1.54, 1.807) is 0 Å². The van der Waals surface area contributed by atoms with Gasteiger partial charge in [-0.3, -0.25) is 4.79 Å². The fourth-order valence-electron chi connectivity index (χ4n) is 1.95. The number of phenols is 1. The lowest BCUT2D eigenvalue weighted by Crippen LogP contribution is -2.17. The van der Waals surface area contributed by atoms with Crippen LogP contribution in [0.25, 0.3) is 0 Å². The average Bonchev–Trinajstić information content (AvgIpc) is 2.65. The zero-order valence-electron chi connectivity index (χ0n) is 14.2. The lowest BCUT2D eigenvalue weighted by Gasteiger charge is -2.02. The van der Waals surface area contributed by atoms with Crippen LogP contribution in [0.1, 0.15) is 41.3 Å². The number of aromatic hydroxyl groups is 1. The predicted molar refractivity (Wildman–Crippen MR) is 102 cm³/mol. The average molecular weight is 371 g/mol. The number of halogens is 1. The summed E-state index contributed by atoms with van der Waals surface area (Å²) in [7, 11) is 0. The number of carbonyl (C=O) groups is 1. The van der Waals surface area contributed by atoms with Crippen LogP contribution in [-0.4, -0.2) is 28.4 Å². The Kier molecular flexibility index (Phi) is 7.22. The van der Waals surface area contributed by atoms with Gasteiger partial charge < -0.3 is 10.2 Å². The molecule has 0 aliphatic carbocycles. The van der Waals surface area contributed by atoms with E-state index >= 15 is 0 Å². The lowest BCUT2D eigenvalue weighted by atomic mass is 10.1. The van der Waals surface area contributed by atoms with Crippen molar-refractivity contribution in [3.63, 3.8) is 0 Å². The summed E-state index contributed by atoms with van der Waals surface area (Å²) in [6.45, 7) is 1.91. The van der Waals surface area contributed by atoms with Crippen molar-refractivity contribution < 1.29 is 15.0 Å². The van der Waals surface area contributed by atoms with E-state index in [0.29, 0.717) is 18.4 Å². The molecule has 0 heterocycles. The second kappa shape index (κ2) is 9.62. The standard InChI is InChI=1S/C20H19ClN2O3/c1-2-17(24)5-3-4-14-6-8-15(9-7-14)13-22-23-20(26)16-10-11-19(25)18(21)12-16/h6-13,17,24-25H,2,5H2,1H3,(H,23,26). The molecule has 0 bridgehead atoms. The summed E-state index contributed by atoms with van der Waals surface area (Å²) in [5, 5.41) is 22.8. The second-order valence-corrected chi connectivity index (χ2v) is 5.96. The maximum atomic E-state index is 11.9. The molecule has 3 N–H and O–H groups in total. The van der Waals surface area contributed by atoms with Crippen molar-refractivity contribution in [2.45, 2.75) is 25.9 Å². The monoisotopic (exact) mass is 370 g/mol. The molecule has 6 heteroatoms. The van der Waals surface area contributed by atoms with Crippen LogP contribution in [0.15, 0.2) is 47.6 Å². The van der Waals surface area contributed by atoms with Gasteiger partial charge in [-0.25, -0.2) is 5.43 Å². The summed E-state index contributed by atoms with van der Waals surface area (Å²) in [6.07, 6.45) is 2.26. The first-order valence-corrected chi connectivity index (χ1v) is 8.46. The molecule has 1 unspecified atom stereocenters. The third kappa shape index (κ3) is 5.92. The Hall–Kier alpha value is -2.81. The van der Waals surface area contributed by atoms with Crippen molar-refractivity contribution in [3.8, 4) is 17.6 Å². The molecule has 0 radical (unpaired) electrons. The molecule has 0 fully saturated rings. The molecule has 2 rings (SSSR count). The number of benzene rings is 2. The molecule has 0 aliphatic heterocycles. The number of hydrogen-bond donors (Lipinski definition) is 3. The molecular weight excluding hydrogens is 352 g/mol. The Labute approximate surface area is 157 Å². The summed E-state index contributed by atoms with van der Waals surface area (Å²) >= 11 is 5.77. The maximum Gasteiger partial charge on any atom is 0.271 e. The third-order valence-corrected chi connectivity index (χ3v) is 3.84. The fourth-order valence-corrected chi connectivity index (χ4v) is 2.13. The molecule has 134 valence electrons. The lowest BCUT2D eigenvalue weighted by molar-refractivity contribution is 0.0955. The summed E-state index contributed by atoms with van der Waals surface area (Å²) in [5.41, 5.74) is 4.33. The van der Waals surface area contributed by atoms with E-state index in [-0.39, 0.29) is 16.9 Å². The second-order valence-electron chi connectivity index (χ2n) is 5.56. The normalized spacial score (nSPS) is 11.7. The Morgan fingerprint density at radius 3 is 2.69 bits per heavy atom. The fraction of sp³-hybridized carbons (Fsp3) is 0.200. The minimum atomic E-state index is -0.430. The minimum Gasteiger partial charge on any atom is -0.506 e. The van der Waals surface area contributed by atoms with Crippen molar-refractivity contribution in [1.29, 1.82) is 0 Å². The third-order valence-electron chi connectivity index (χ3n) is 3.54. The molecule has 0 saturated carbocycles. The van der Waals surface area contributed by atoms with Crippen molar-refractivity contribution >= 4 is 23.7 Å². The highest BCUT2D eigenvalue weighted by Crippen LogP contribution is 2.23. The first-order chi connectivity index (χ1) is 12.5. The molecule has 5 nitrogen and oxygen atoms in total. The van der Waals surface area contributed by atoms with Crippen LogP contribution in [-0.2, 0) is 0 Å². The number of carbonyl (C=O) groups excluding carboxylic acids is 1. The number of amides is 1. The first kappa shape index (κ1) is 19.5. The number of aliphatic hydroxyl groups excluding tert-OH is 1. The molecule has 0 aromatic heterocycles. The zero-order chi connectivity index (χ0) is 18.9. The van der Waals surface area contributed by atoms with Gasteiger partial charge in [0.15, 0.2) is 0 Å². The Morgan fingerprint density at radius 1 is 1.31 bits per heavy atom. The SMILES string of the molecule is CCC(O)CC#Cc1ccc(C=NNC(=O)c2ccc(O)c(Cl)c2)cc1. The topological polar surface area (TPSA) is 81.9 Å². The number of nitrogens with one attached hydrogen (secondary N) is 1. The van der Waals surface area contributed by atoms with E-state index in [0.717, 1.165) is 11.1 Å². The van der Waals surface area contributed by atoms with Gasteiger partial charge in [0.1, 0.15) is 5.75 Å². The Balaban J connectivity index is 1.91. The largest absolute Gasteiger partial charge is 0.506 e. The predicted octanol–water partition coefficient (Wildman–Crippen LogP) is 3.32. The number of aliphatic hydroxyl groups is 1. The van der Waals surface area contributed by atoms with E-state index in [9.17, 15) is 15.0 Å². The molecule has 1 atom stereocenters. The van der Waals surface area contributed by atoms with E-state index in [1.165, 1.54) is 24.4 Å². The molecule has 2 aromatic rings. The Bertz CT molecular complexity index is 852. The van der Waals surface area contributed by atoms with Gasteiger partial charge in [-0.1, -0.05) is 42.5 Å². The highest BCUT2D eigenvalue weighted by atomic mass is 35.5.